The Morgan fingerprint density at radius 3 is 2.62 bits per heavy atom. The monoisotopic (exact) mass is 226 g/mol. The number of pyridine rings is 1. The molecule has 16 heavy (non-hydrogen) atoms. The topological polar surface area (TPSA) is 51.2 Å². The fourth-order valence-electron chi connectivity index (χ4n) is 1.40. The van der Waals surface area contributed by atoms with Crippen LogP contribution in [0.2, 0.25) is 0 Å². The molecule has 1 N–H and O–H groups in total. The normalized spacial score (nSPS) is 10.4. The third kappa shape index (κ3) is 2.29. The molecule has 0 spiro atoms. The van der Waals surface area contributed by atoms with Crippen LogP contribution in [0, 0.1) is 5.95 Å². The number of rotatable bonds is 3. The first-order valence-electron chi connectivity index (χ1n) is 4.97. The van der Waals surface area contributed by atoms with Gasteiger partial charge in [-0.25, -0.2) is 4.98 Å². The summed E-state index contributed by atoms with van der Waals surface area (Å²) in [7, 11) is 2.85. The Bertz CT molecular complexity index is 405. The van der Waals surface area contributed by atoms with Crippen molar-refractivity contribution >= 4 is 5.91 Å². The number of halogens is 1. The fraction of sp³-hybridized carbons (Fsp3) is 0.455. The lowest BCUT2D eigenvalue weighted by molar-refractivity contribution is 0.0956. The highest BCUT2D eigenvalue weighted by molar-refractivity contribution is 5.92. The molecule has 0 bridgehead atoms. The van der Waals surface area contributed by atoms with Crippen molar-refractivity contribution in [3.63, 3.8) is 0 Å². The van der Waals surface area contributed by atoms with E-state index in [1.807, 2.05) is 13.8 Å². The number of amides is 1. The van der Waals surface area contributed by atoms with Gasteiger partial charge in [-0.2, -0.15) is 4.39 Å². The first kappa shape index (κ1) is 12.4. The van der Waals surface area contributed by atoms with Crippen molar-refractivity contribution in [3.8, 4) is 5.75 Å². The highest BCUT2D eigenvalue weighted by atomic mass is 19.1. The molecule has 0 radical (unpaired) electrons. The van der Waals surface area contributed by atoms with Gasteiger partial charge in [0.05, 0.1) is 7.11 Å². The summed E-state index contributed by atoms with van der Waals surface area (Å²) >= 11 is 0. The van der Waals surface area contributed by atoms with Gasteiger partial charge in [0.1, 0.15) is 5.69 Å². The molecule has 1 heterocycles. The Labute approximate surface area is 93.8 Å². The lowest BCUT2D eigenvalue weighted by atomic mass is 10.0. The third-order valence-electron chi connectivity index (χ3n) is 2.25. The molecule has 1 amide bonds. The minimum atomic E-state index is -0.757. The van der Waals surface area contributed by atoms with Crippen molar-refractivity contribution in [1.82, 2.24) is 10.3 Å². The first-order valence-corrected chi connectivity index (χ1v) is 4.97. The second-order valence-electron chi connectivity index (χ2n) is 3.65. The summed E-state index contributed by atoms with van der Waals surface area (Å²) in [4.78, 5) is 14.9. The van der Waals surface area contributed by atoms with Crippen molar-refractivity contribution in [1.29, 1.82) is 0 Å². The summed E-state index contributed by atoms with van der Waals surface area (Å²) in [6, 6.07) is 1.55. The van der Waals surface area contributed by atoms with Gasteiger partial charge in [-0.15, -0.1) is 0 Å². The van der Waals surface area contributed by atoms with E-state index in [1.54, 1.807) is 6.07 Å². The van der Waals surface area contributed by atoms with Crippen LogP contribution in [0.15, 0.2) is 6.07 Å². The summed E-state index contributed by atoms with van der Waals surface area (Å²) in [6.07, 6.45) is 0. The molecular weight excluding hydrogens is 211 g/mol. The minimum absolute atomic E-state index is 0.0517. The zero-order valence-electron chi connectivity index (χ0n) is 9.80. The summed E-state index contributed by atoms with van der Waals surface area (Å²) in [5.41, 5.74) is 0.693. The Hall–Kier alpha value is -1.65. The maximum Gasteiger partial charge on any atom is 0.269 e. The van der Waals surface area contributed by atoms with Crippen LogP contribution in [0.4, 0.5) is 4.39 Å². The molecule has 0 unspecified atom stereocenters. The van der Waals surface area contributed by atoms with Crippen LogP contribution in [0.1, 0.15) is 35.8 Å². The molecule has 0 aliphatic carbocycles. The molecule has 0 aliphatic heterocycles. The minimum Gasteiger partial charge on any atom is -0.492 e. The van der Waals surface area contributed by atoms with Gasteiger partial charge in [0, 0.05) is 12.6 Å². The molecule has 0 aliphatic rings. The lowest BCUT2D eigenvalue weighted by Gasteiger charge is -2.13. The Balaban J connectivity index is 3.33. The summed E-state index contributed by atoms with van der Waals surface area (Å²) in [5.74, 6) is -1.02. The molecule has 0 atom stereocenters. The number of ether oxygens (including phenoxy) is 1. The third-order valence-corrected chi connectivity index (χ3v) is 2.25. The van der Waals surface area contributed by atoms with Crippen molar-refractivity contribution in [2.24, 2.45) is 0 Å². The quantitative estimate of drug-likeness (QED) is 0.798. The summed E-state index contributed by atoms with van der Waals surface area (Å²) in [5, 5.41) is 2.40. The van der Waals surface area contributed by atoms with Crippen LogP contribution in [-0.4, -0.2) is 25.0 Å². The van der Waals surface area contributed by atoms with Crippen LogP contribution in [0.5, 0.6) is 5.75 Å². The number of methoxy groups -OCH3 is 1. The Morgan fingerprint density at radius 2 is 2.19 bits per heavy atom. The van der Waals surface area contributed by atoms with Gasteiger partial charge in [-0.05, 0) is 12.0 Å². The van der Waals surface area contributed by atoms with Gasteiger partial charge in [0.25, 0.3) is 11.9 Å². The van der Waals surface area contributed by atoms with Crippen molar-refractivity contribution in [3.05, 3.63) is 23.3 Å². The number of aromatic nitrogens is 1. The van der Waals surface area contributed by atoms with E-state index < -0.39 is 11.9 Å². The number of carbonyl (C=O) groups excluding carboxylic acids is 1. The molecule has 0 saturated heterocycles. The smallest absolute Gasteiger partial charge is 0.269 e. The van der Waals surface area contributed by atoms with E-state index in [0.29, 0.717) is 5.56 Å². The number of nitrogens with zero attached hydrogens (tertiary/aromatic N) is 1. The van der Waals surface area contributed by atoms with E-state index >= 15 is 0 Å². The van der Waals surface area contributed by atoms with Crippen LogP contribution in [0.25, 0.3) is 0 Å². The van der Waals surface area contributed by atoms with E-state index in [-0.39, 0.29) is 17.4 Å². The van der Waals surface area contributed by atoms with Gasteiger partial charge < -0.3 is 10.1 Å². The summed E-state index contributed by atoms with van der Waals surface area (Å²) < 4.78 is 18.5. The predicted molar refractivity (Wildman–Crippen MR) is 58.2 cm³/mol. The van der Waals surface area contributed by atoms with Gasteiger partial charge in [-0.1, -0.05) is 13.8 Å². The number of nitrogens with one attached hydrogen (secondary N) is 1. The number of hydrogen-bond acceptors (Lipinski definition) is 3. The highest BCUT2D eigenvalue weighted by Crippen LogP contribution is 2.28. The zero-order chi connectivity index (χ0) is 12.3. The van der Waals surface area contributed by atoms with Crippen LogP contribution >= 0.6 is 0 Å². The second kappa shape index (κ2) is 4.92. The molecule has 0 saturated carbocycles. The molecule has 88 valence electrons. The van der Waals surface area contributed by atoms with E-state index in [9.17, 15) is 9.18 Å². The lowest BCUT2D eigenvalue weighted by Crippen LogP contribution is -2.20. The largest absolute Gasteiger partial charge is 0.492 e. The zero-order valence-corrected chi connectivity index (χ0v) is 9.80. The molecule has 1 aromatic rings. The van der Waals surface area contributed by atoms with Crippen LogP contribution in [-0.2, 0) is 0 Å². The SMILES string of the molecule is CNC(=O)c1cc(C(C)C)c(OC)c(F)n1. The highest BCUT2D eigenvalue weighted by Gasteiger charge is 2.18. The Morgan fingerprint density at radius 1 is 1.56 bits per heavy atom. The average molecular weight is 226 g/mol. The van der Waals surface area contributed by atoms with Gasteiger partial charge in [0.2, 0.25) is 0 Å². The molecule has 1 rings (SSSR count). The number of carbonyl (C=O) groups is 1. The molecule has 4 nitrogen and oxygen atoms in total. The molecule has 0 aromatic carbocycles. The molecule has 1 aromatic heterocycles. The average Bonchev–Trinajstić information content (AvgIpc) is 2.26. The maximum atomic E-state index is 13.6. The predicted octanol–water partition coefficient (Wildman–Crippen LogP) is 1.71. The van der Waals surface area contributed by atoms with Gasteiger partial charge in [-0.3, -0.25) is 4.79 Å². The molecule has 5 heteroatoms. The van der Waals surface area contributed by atoms with E-state index in [0.717, 1.165) is 0 Å². The molecule has 0 fully saturated rings. The molecular formula is C11H15FN2O2. The Kier molecular flexibility index (Phi) is 3.82. The van der Waals surface area contributed by atoms with Crippen molar-refractivity contribution in [2.45, 2.75) is 19.8 Å². The van der Waals surface area contributed by atoms with E-state index in [4.69, 9.17) is 4.74 Å². The number of hydrogen-bond donors (Lipinski definition) is 1. The standard InChI is InChI=1S/C11H15FN2O2/c1-6(2)7-5-8(11(15)13-3)14-10(12)9(7)16-4/h5-6H,1-4H3,(H,13,15). The second-order valence-corrected chi connectivity index (χ2v) is 3.65. The van der Waals surface area contributed by atoms with Crippen LogP contribution < -0.4 is 10.1 Å². The fourth-order valence-corrected chi connectivity index (χ4v) is 1.40. The van der Waals surface area contributed by atoms with Crippen molar-refractivity contribution in [2.75, 3.05) is 14.2 Å². The van der Waals surface area contributed by atoms with Crippen LogP contribution in [0.3, 0.4) is 0 Å². The van der Waals surface area contributed by atoms with Gasteiger partial charge in [0.15, 0.2) is 5.75 Å². The maximum absolute atomic E-state index is 13.6. The van der Waals surface area contributed by atoms with Crippen molar-refractivity contribution < 1.29 is 13.9 Å². The van der Waals surface area contributed by atoms with Gasteiger partial charge >= 0.3 is 0 Å². The van der Waals surface area contributed by atoms with E-state index in [1.165, 1.54) is 14.2 Å². The first-order chi connectivity index (χ1) is 7.51. The summed E-state index contributed by atoms with van der Waals surface area (Å²) in [6.45, 7) is 3.79. The van der Waals surface area contributed by atoms with E-state index in [2.05, 4.69) is 10.3 Å².